The Balaban J connectivity index is 2.60. The lowest BCUT2D eigenvalue weighted by molar-refractivity contribution is -0.127. The number of amides is 3. The molecule has 0 unspecified atom stereocenters. The monoisotopic (exact) mass is 209 g/mol. The summed E-state index contributed by atoms with van der Waals surface area (Å²) >= 11 is 0. The van der Waals surface area contributed by atoms with Crippen molar-refractivity contribution >= 4 is 11.9 Å². The van der Waals surface area contributed by atoms with E-state index in [-0.39, 0.29) is 12.5 Å². The number of hydrogen-bond acceptors (Lipinski definition) is 3. The normalized spacial score (nSPS) is 18.1. The van der Waals surface area contributed by atoms with E-state index in [0.29, 0.717) is 13.1 Å². The van der Waals surface area contributed by atoms with Crippen LogP contribution in [0.15, 0.2) is 0 Å². The van der Waals surface area contributed by atoms with E-state index < -0.39 is 5.91 Å². The second-order valence-corrected chi connectivity index (χ2v) is 3.53. The third-order valence-electron chi connectivity index (χ3n) is 2.36. The summed E-state index contributed by atoms with van der Waals surface area (Å²) < 4.78 is 0. The Morgan fingerprint density at radius 1 is 1.40 bits per heavy atom. The number of urea groups is 1. The fourth-order valence-corrected chi connectivity index (χ4v) is 1.54. The summed E-state index contributed by atoms with van der Waals surface area (Å²) in [5, 5.41) is 11.1. The molecular weight excluding hydrogens is 194 g/mol. The van der Waals surface area contributed by atoms with Gasteiger partial charge in [-0.05, 0) is 12.8 Å². The lowest BCUT2D eigenvalue weighted by Gasteiger charge is -2.18. The maximum Gasteiger partial charge on any atom is 0.324 e. The van der Waals surface area contributed by atoms with E-state index in [1.54, 1.807) is 6.07 Å². The van der Waals surface area contributed by atoms with Gasteiger partial charge in [0.1, 0.15) is 6.42 Å². The zero-order valence-electron chi connectivity index (χ0n) is 8.66. The van der Waals surface area contributed by atoms with Crippen LogP contribution in [0.4, 0.5) is 4.79 Å². The highest BCUT2D eigenvalue weighted by atomic mass is 16.2. The van der Waals surface area contributed by atoms with Gasteiger partial charge in [-0.1, -0.05) is 12.8 Å². The Hall–Kier alpha value is -1.57. The van der Waals surface area contributed by atoms with Crippen molar-refractivity contribution in [1.29, 1.82) is 5.26 Å². The Bertz CT molecular complexity index is 283. The minimum atomic E-state index is -0.406. The summed E-state index contributed by atoms with van der Waals surface area (Å²) in [6.07, 6.45) is 3.63. The van der Waals surface area contributed by atoms with Crippen molar-refractivity contribution in [2.45, 2.75) is 32.1 Å². The van der Waals surface area contributed by atoms with Crippen LogP contribution < -0.4 is 5.32 Å². The van der Waals surface area contributed by atoms with Crippen molar-refractivity contribution in [2.75, 3.05) is 13.1 Å². The van der Waals surface area contributed by atoms with Crippen molar-refractivity contribution in [2.24, 2.45) is 0 Å². The standard InChI is InChI=1S/C10H15N3O2/c11-6-5-9(14)13-8-4-2-1-3-7-12-10(13)15/h1-5,7-8H2,(H,12,15). The molecule has 1 saturated heterocycles. The van der Waals surface area contributed by atoms with Crippen molar-refractivity contribution in [3.63, 3.8) is 0 Å². The number of nitriles is 1. The number of carbonyl (C=O) groups is 2. The van der Waals surface area contributed by atoms with Gasteiger partial charge in [0.05, 0.1) is 6.07 Å². The van der Waals surface area contributed by atoms with Crippen molar-refractivity contribution in [3.05, 3.63) is 0 Å². The smallest absolute Gasteiger partial charge is 0.324 e. The molecule has 0 bridgehead atoms. The van der Waals surface area contributed by atoms with Crippen LogP contribution in [0.2, 0.25) is 0 Å². The van der Waals surface area contributed by atoms with Crippen LogP contribution in [-0.2, 0) is 4.79 Å². The number of imide groups is 1. The van der Waals surface area contributed by atoms with Gasteiger partial charge in [0.2, 0.25) is 5.91 Å². The molecule has 0 aromatic rings. The minimum absolute atomic E-state index is 0.229. The molecule has 5 nitrogen and oxygen atoms in total. The highest BCUT2D eigenvalue weighted by molar-refractivity contribution is 5.95. The summed E-state index contributed by atoms with van der Waals surface area (Å²) in [5.41, 5.74) is 0. The molecule has 1 heterocycles. The maximum absolute atomic E-state index is 11.5. The van der Waals surface area contributed by atoms with E-state index in [9.17, 15) is 9.59 Å². The zero-order valence-corrected chi connectivity index (χ0v) is 8.66. The van der Waals surface area contributed by atoms with Gasteiger partial charge in [-0.15, -0.1) is 0 Å². The first kappa shape index (κ1) is 11.5. The van der Waals surface area contributed by atoms with Crippen LogP contribution in [0.3, 0.4) is 0 Å². The third kappa shape index (κ3) is 3.58. The quantitative estimate of drug-likeness (QED) is 0.700. The lowest BCUT2D eigenvalue weighted by atomic mass is 10.2. The van der Waals surface area contributed by atoms with E-state index in [1.807, 2.05) is 0 Å². The molecule has 0 spiro atoms. The van der Waals surface area contributed by atoms with Gasteiger partial charge in [-0.25, -0.2) is 4.79 Å². The first-order valence-electron chi connectivity index (χ1n) is 5.21. The molecule has 1 rings (SSSR count). The van der Waals surface area contributed by atoms with Gasteiger partial charge >= 0.3 is 6.03 Å². The Morgan fingerprint density at radius 2 is 2.13 bits per heavy atom. The van der Waals surface area contributed by atoms with Crippen molar-refractivity contribution < 1.29 is 9.59 Å². The molecule has 0 atom stereocenters. The summed E-state index contributed by atoms with van der Waals surface area (Å²) in [7, 11) is 0. The number of nitrogens with zero attached hydrogens (tertiary/aromatic N) is 2. The Morgan fingerprint density at radius 3 is 2.87 bits per heavy atom. The summed E-state index contributed by atoms with van der Waals surface area (Å²) in [6.45, 7) is 1.03. The minimum Gasteiger partial charge on any atom is -0.338 e. The summed E-state index contributed by atoms with van der Waals surface area (Å²) in [5.74, 6) is -0.406. The molecule has 82 valence electrons. The molecule has 3 amide bonds. The highest BCUT2D eigenvalue weighted by Crippen LogP contribution is 2.06. The summed E-state index contributed by atoms with van der Waals surface area (Å²) in [6, 6.07) is 1.40. The molecule has 0 aromatic carbocycles. The largest absolute Gasteiger partial charge is 0.338 e. The molecule has 15 heavy (non-hydrogen) atoms. The van der Waals surface area contributed by atoms with Crippen LogP contribution in [-0.4, -0.2) is 29.9 Å². The van der Waals surface area contributed by atoms with E-state index >= 15 is 0 Å². The van der Waals surface area contributed by atoms with E-state index in [0.717, 1.165) is 30.6 Å². The van der Waals surface area contributed by atoms with Gasteiger partial charge in [-0.2, -0.15) is 5.26 Å². The van der Waals surface area contributed by atoms with Gasteiger partial charge < -0.3 is 5.32 Å². The van der Waals surface area contributed by atoms with E-state index in [2.05, 4.69) is 5.32 Å². The molecule has 1 aliphatic heterocycles. The third-order valence-corrected chi connectivity index (χ3v) is 2.36. The topological polar surface area (TPSA) is 73.2 Å². The van der Waals surface area contributed by atoms with Crippen LogP contribution >= 0.6 is 0 Å². The maximum atomic E-state index is 11.5. The number of nitrogens with one attached hydrogen (secondary N) is 1. The zero-order chi connectivity index (χ0) is 11.1. The molecular formula is C10H15N3O2. The second-order valence-electron chi connectivity index (χ2n) is 3.53. The molecule has 0 saturated carbocycles. The SMILES string of the molecule is N#CCC(=O)N1CCCCCCNC1=O. The molecule has 0 aliphatic carbocycles. The first-order valence-corrected chi connectivity index (χ1v) is 5.21. The van der Waals surface area contributed by atoms with Gasteiger partial charge in [0.25, 0.3) is 0 Å². The predicted octanol–water partition coefficient (Wildman–Crippen LogP) is 1.01. The summed E-state index contributed by atoms with van der Waals surface area (Å²) in [4.78, 5) is 24.1. The van der Waals surface area contributed by atoms with E-state index in [1.165, 1.54) is 0 Å². The van der Waals surface area contributed by atoms with Crippen molar-refractivity contribution in [1.82, 2.24) is 10.2 Å². The highest BCUT2D eigenvalue weighted by Gasteiger charge is 2.20. The molecule has 1 aliphatic rings. The van der Waals surface area contributed by atoms with Gasteiger partial charge in [0.15, 0.2) is 0 Å². The van der Waals surface area contributed by atoms with Crippen LogP contribution in [0.1, 0.15) is 32.1 Å². The fourth-order valence-electron chi connectivity index (χ4n) is 1.54. The lowest BCUT2D eigenvalue weighted by Crippen LogP contribution is -2.44. The van der Waals surface area contributed by atoms with Crippen LogP contribution in [0.5, 0.6) is 0 Å². The van der Waals surface area contributed by atoms with Crippen LogP contribution in [0.25, 0.3) is 0 Å². The average Bonchev–Trinajstić information content (AvgIpc) is 2.30. The fraction of sp³-hybridized carbons (Fsp3) is 0.700. The molecule has 1 fully saturated rings. The Labute approximate surface area is 89.0 Å². The van der Waals surface area contributed by atoms with E-state index in [4.69, 9.17) is 5.26 Å². The predicted molar refractivity (Wildman–Crippen MR) is 53.8 cm³/mol. The van der Waals surface area contributed by atoms with Crippen LogP contribution in [0, 0.1) is 11.3 Å². The molecule has 5 heteroatoms. The van der Waals surface area contributed by atoms with Gasteiger partial charge in [0, 0.05) is 13.1 Å². The first-order chi connectivity index (χ1) is 7.25. The number of carbonyl (C=O) groups excluding carboxylic acids is 2. The number of rotatable bonds is 1. The molecule has 0 aromatic heterocycles. The second kappa shape index (κ2) is 6.02. The van der Waals surface area contributed by atoms with Gasteiger partial charge in [-0.3, -0.25) is 9.69 Å². The van der Waals surface area contributed by atoms with Crippen molar-refractivity contribution in [3.8, 4) is 6.07 Å². The molecule has 0 radical (unpaired) electrons. The Kier molecular flexibility index (Phi) is 4.61. The average molecular weight is 209 g/mol. The molecule has 1 N–H and O–H groups in total. The number of hydrogen-bond donors (Lipinski definition) is 1.